The molecule has 3 rings (SSSR count). The van der Waals surface area contributed by atoms with E-state index in [0.717, 1.165) is 24.1 Å². The molecule has 1 aromatic carbocycles. The van der Waals surface area contributed by atoms with Crippen molar-refractivity contribution < 1.29 is 0 Å². The van der Waals surface area contributed by atoms with Crippen LogP contribution in [0, 0.1) is 0 Å². The quantitative estimate of drug-likeness (QED) is 0.931. The molecule has 0 amide bonds. The summed E-state index contributed by atoms with van der Waals surface area (Å²) < 4.78 is 3.43. The molecule has 2 unspecified atom stereocenters. The van der Waals surface area contributed by atoms with Crippen molar-refractivity contribution in [2.45, 2.75) is 31.7 Å². The van der Waals surface area contributed by atoms with Gasteiger partial charge in [0.25, 0.3) is 0 Å². The van der Waals surface area contributed by atoms with Crippen LogP contribution >= 0.6 is 15.9 Å². The third-order valence-corrected chi connectivity index (χ3v) is 4.72. The molecule has 2 heterocycles. The van der Waals surface area contributed by atoms with Gasteiger partial charge in [-0.1, -0.05) is 28.1 Å². The number of hydrogen-bond donors (Lipinski definition) is 1. The van der Waals surface area contributed by atoms with Crippen LogP contribution in [0.3, 0.4) is 0 Å². The minimum Gasteiger partial charge on any atom is -0.335 e. The highest BCUT2D eigenvalue weighted by Crippen LogP contribution is 2.37. The van der Waals surface area contributed by atoms with Gasteiger partial charge in [-0.3, -0.25) is 0 Å². The summed E-state index contributed by atoms with van der Waals surface area (Å²) in [5.74, 6) is 1.07. The lowest BCUT2D eigenvalue weighted by atomic mass is 9.79. The summed E-state index contributed by atoms with van der Waals surface area (Å²) in [6, 6.07) is 8.70. The Hall–Kier alpha value is -1.13. The maximum absolute atomic E-state index is 4.35. The zero-order chi connectivity index (χ0) is 13.9. The van der Waals surface area contributed by atoms with Gasteiger partial charge in [-0.25, -0.2) is 4.98 Å². The first-order valence-corrected chi connectivity index (χ1v) is 8.05. The molecule has 3 nitrogen and oxygen atoms in total. The first-order chi connectivity index (χ1) is 9.79. The Kier molecular flexibility index (Phi) is 4.22. The number of aryl methyl sites for hydroxylation is 1. The predicted octanol–water partition coefficient (Wildman–Crippen LogP) is 3.53. The van der Waals surface area contributed by atoms with Crippen LogP contribution in [0.1, 0.15) is 36.4 Å². The summed E-state index contributed by atoms with van der Waals surface area (Å²) in [6.45, 7) is 5.30. The smallest absolute Gasteiger partial charge is 0.0948 e. The van der Waals surface area contributed by atoms with Crippen LogP contribution in [0.4, 0.5) is 0 Å². The molecule has 20 heavy (non-hydrogen) atoms. The Balaban J connectivity index is 1.95. The number of nitrogens with one attached hydrogen (secondary N) is 1. The minimum absolute atomic E-state index is 0.517. The van der Waals surface area contributed by atoms with Crippen LogP contribution in [0.15, 0.2) is 41.3 Å². The topological polar surface area (TPSA) is 29.9 Å². The van der Waals surface area contributed by atoms with E-state index >= 15 is 0 Å². The average molecular weight is 334 g/mol. The van der Waals surface area contributed by atoms with Crippen molar-refractivity contribution in [3.63, 3.8) is 0 Å². The first kappa shape index (κ1) is 13.8. The van der Waals surface area contributed by atoms with Crippen LogP contribution in [0.2, 0.25) is 0 Å². The van der Waals surface area contributed by atoms with Gasteiger partial charge in [0, 0.05) is 41.3 Å². The molecule has 1 aliphatic heterocycles. The minimum atomic E-state index is 0.517. The summed E-state index contributed by atoms with van der Waals surface area (Å²) >= 11 is 3.59. The molecule has 4 heteroatoms. The Labute approximate surface area is 128 Å². The third-order valence-electron chi connectivity index (χ3n) is 4.22. The fourth-order valence-electron chi connectivity index (χ4n) is 3.20. The fourth-order valence-corrected chi connectivity index (χ4v) is 3.62. The lowest BCUT2D eigenvalue weighted by Gasteiger charge is -2.33. The molecule has 1 aromatic heterocycles. The number of piperidine rings is 1. The van der Waals surface area contributed by atoms with Gasteiger partial charge in [-0.15, -0.1) is 0 Å². The van der Waals surface area contributed by atoms with E-state index in [9.17, 15) is 0 Å². The zero-order valence-electron chi connectivity index (χ0n) is 11.7. The van der Waals surface area contributed by atoms with Gasteiger partial charge in [0.2, 0.25) is 0 Å². The van der Waals surface area contributed by atoms with Crippen LogP contribution in [0.25, 0.3) is 0 Å². The van der Waals surface area contributed by atoms with E-state index in [1.165, 1.54) is 17.7 Å². The summed E-state index contributed by atoms with van der Waals surface area (Å²) in [7, 11) is 0. The second kappa shape index (κ2) is 6.10. The molecule has 0 aliphatic carbocycles. The second-order valence-corrected chi connectivity index (χ2v) is 6.28. The highest BCUT2D eigenvalue weighted by Gasteiger charge is 2.29. The number of nitrogens with zero attached hydrogens (tertiary/aromatic N) is 2. The molecule has 1 aliphatic rings. The van der Waals surface area contributed by atoms with E-state index in [-0.39, 0.29) is 0 Å². The molecule has 2 atom stereocenters. The monoisotopic (exact) mass is 333 g/mol. The van der Waals surface area contributed by atoms with E-state index in [1.54, 1.807) is 0 Å². The zero-order valence-corrected chi connectivity index (χ0v) is 13.3. The van der Waals surface area contributed by atoms with E-state index in [2.05, 4.69) is 62.0 Å². The summed E-state index contributed by atoms with van der Waals surface area (Å²) in [5, 5.41) is 3.54. The van der Waals surface area contributed by atoms with Gasteiger partial charge in [0.15, 0.2) is 0 Å². The molecular weight excluding hydrogens is 314 g/mol. The van der Waals surface area contributed by atoms with Gasteiger partial charge in [0.1, 0.15) is 0 Å². The summed E-state index contributed by atoms with van der Waals surface area (Å²) in [5.41, 5.74) is 2.78. The van der Waals surface area contributed by atoms with E-state index in [0.29, 0.717) is 11.8 Å². The lowest BCUT2D eigenvalue weighted by Crippen LogP contribution is -2.34. The van der Waals surface area contributed by atoms with Crippen molar-refractivity contribution in [3.8, 4) is 0 Å². The second-order valence-electron chi connectivity index (χ2n) is 5.37. The number of rotatable bonds is 3. The number of benzene rings is 1. The molecule has 0 radical (unpaired) electrons. The number of hydrogen-bond acceptors (Lipinski definition) is 2. The Bertz CT molecular complexity index is 579. The van der Waals surface area contributed by atoms with Gasteiger partial charge >= 0.3 is 0 Å². The maximum atomic E-state index is 4.35. The van der Waals surface area contributed by atoms with Crippen LogP contribution < -0.4 is 5.32 Å². The van der Waals surface area contributed by atoms with Gasteiger partial charge in [-0.2, -0.15) is 0 Å². The van der Waals surface area contributed by atoms with E-state index in [4.69, 9.17) is 0 Å². The Morgan fingerprint density at radius 1 is 1.40 bits per heavy atom. The highest BCUT2D eigenvalue weighted by molar-refractivity contribution is 9.10. The fraction of sp³-hybridized carbons (Fsp3) is 0.438. The standard InChI is InChI=1S/C16H20BrN3/c1-2-20-11-19-10-16(20)14-6-7-18-9-15(14)12-4-3-5-13(17)8-12/h3-5,8,10-11,14-15,18H,2,6-7,9H2,1H3. The normalized spacial score (nSPS) is 22.9. The van der Waals surface area contributed by atoms with Crippen molar-refractivity contribution >= 4 is 15.9 Å². The number of halogens is 1. The molecule has 0 spiro atoms. The predicted molar refractivity (Wildman–Crippen MR) is 85.0 cm³/mol. The molecule has 106 valence electrons. The largest absolute Gasteiger partial charge is 0.335 e. The van der Waals surface area contributed by atoms with E-state index in [1.807, 2.05) is 12.5 Å². The molecule has 0 saturated carbocycles. The molecule has 1 N–H and O–H groups in total. The SMILES string of the molecule is CCn1cncc1C1CCNCC1c1cccc(Br)c1. The summed E-state index contributed by atoms with van der Waals surface area (Å²) in [4.78, 5) is 4.35. The van der Waals surface area contributed by atoms with Crippen molar-refractivity contribution in [2.75, 3.05) is 13.1 Å². The molecule has 2 aromatic rings. The van der Waals surface area contributed by atoms with Crippen LogP contribution in [-0.4, -0.2) is 22.6 Å². The van der Waals surface area contributed by atoms with E-state index < -0.39 is 0 Å². The Morgan fingerprint density at radius 2 is 2.30 bits per heavy atom. The number of aromatic nitrogens is 2. The van der Waals surface area contributed by atoms with Gasteiger partial charge < -0.3 is 9.88 Å². The van der Waals surface area contributed by atoms with Gasteiger partial charge in [0.05, 0.1) is 6.33 Å². The summed E-state index contributed by atoms with van der Waals surface area (Å²) in [6.07, 6.45) is 5.17. The van der Waals surface area contributed by atoms with Crippen molar-refractivity contribution in [1.82, 2.24) is 14.9 Å². The number of imidazole rings is 1. The lowest BCUT2D eigenvalue weighted by molar-refractivity contribution is 0.388. The van der Waals surface area contributed by atoms with Crippen LogP contribution in [0.5, 0.6) is 0 Å². The Morgan fingerprint density at radius 3 is 3.10 bits per heavy atom. The molecular formula is C16H20BrN3. The molecule has 1 fully saturated rings. The van der Waals surface area contributed by atoms with Gasteiger partial charge in [-0.05, 0) is 37.6 Å². The van der Waals surface area contributed by atoms with Crippen molar-refractivity contribution in [1.29, 1.82) is 0 Å². The van der Waals surface area contributed by atoms with Crippen molar-refractivity contribution in [2.24, 2.45) is 0 Å². The maximum Gasteiger partial charge on any atom is 0.0948 e. The highest BCUT2D eigenvalue weighted by atomic mass is 79.9. The van der Waals surface area contributed by atoms with Crippen molar-refractivity contribution in [3.05, 3.63) is 52.5 Å². The van der Waals surface area contributed by atoms with Crippen LogP contribution in [-0.2, 0) is 6.54 Å². The third kappa shape index (κ3) is 2.67. The average Bonchev–Trinajstić information content (AvgIpc) is 2.95. The molecule has 1 saturated heterocycles. The first-order valence-electron chi connectivity index (χ1n) is 7.25. The molecule has 0 bridgehead atoms.